The van der Waals surface area contributed by atoms with E-state index in [1.165, 1.54) is 38.6 Å². The summed E-state index contributed by atoms with van der Waals surface area (Å²) in [5.41, 5.74) is 3.71. The van der Waals surface area contributed by atoms with E-state index < -0.39 is 12.2 Å². The number of aliphatic hydroxyl groups is 2. The van der Waals surface area contributed by atoms with Crippen LogP contribution in [0.1, 0.15) is 72.6 Å². The van der Waals surface area contributed by atoms with E-state index in [9.17, 15) is 10.2 Å². The van der Waals surface area contributed by atoms with Crippen LogP contribution in [0, 0.1) is 23.2 Å². The molecule has 4 nitrogen and oxygen atoms in total. The van der Waals surface area contributed by atoms with Crippen LogP contribution in [0.5, 0.6) is 0 Å². The molecule has 0 radical (unpaired) electrons. The predicted octanol–water partition coefficient (Wildman–Crippen LogP) is 4.87. The molecule has 4 heteroatoms. The van der Waals surface area contributed by atoms with E-state index >= 15 is 0 Å². The maximum absolute atomic E-state index is 10.2. The van der Waals surface area contributed by atoms with Crippen molar-refractivity contribution in [1.29, 1.82) is 0 Å². The Labute approximate surface area is 195 Å². The zero-order valence-corrected chi connectivity index (χ0v) is 20.7. The van der Waals surface area contributed by atoms with E-state index in [2.05, 4.69) is 51.3 Å². The van der Waals surface area contributed by atoms with Crippen molar-refractivity contribution in [1.82, 2.24) is 4.90 Å². The second-order valence-electron chi connectivity index (χ2n) is 11.6. The Bertz CT molecular complexity index is 732. The molecule has 8 atom stereocenters. The Balaban J connectivity index is 1.44. The molecule has 0 aromatic carbocycles. The molecule has 32 heavy (non-hydrogen) atoms. The van der Waals surface area contributed by atoms with Crippen LogP contribution in [0.3, 0.4) is 0 Å². The summed E-state index contributed by atoms with van der Waals surface area (Å²) in [6.07, 6.45) is 11.7. The van der Waals surface area contributed by atoms with Crippen molar-refractivity contribution in [3.63, 3.8) is 0 Å². The Kier molecular flexibility index (Phi) is 7.36. The van der Waals surface area contributed by atoms with Crippen molar-refractivity contribution in [2.45, 2.75) is 97.1 Å². The van der Waals surface area contributed by atoms with Crippen molar-refractivity contribution in [2.75, 3.05) is 19.6 Å². The van der Waals surface area contributed by atoms with Gasteiger partial charge in [-0.05, 0) is 87.5 Å². The fourth-order valence-corrected chi connectivity index (χ4v) is 7.61. The molecule has 0 aromatic rings. The normalized spacial score (nSPS) is 43.4. The molecule has 1 unspecified atom stereocenters. The maximum Gasteiger partial charge on any atom is 0.0809 e. The highest BCUT2D eigenvalue weighted by atomic mass is 16.5. The minimum absolute atomic E-state index is 0.337. The number of allylic oxidation sites excluding steroid dienone is 3. The summed E-state index contributed by atoms with van der Waals surface area (Å²) in [5, 5.41) is 20.4. The first kappa shape index (κ1) is 24.2. The second-order valence-corrected chi connectivity index (χ2v) is 11.6. The van der Waals surface area contributed by atoms with E-state index in [-0.39, 0.29) is 0 Å². The lowest BCUT2D eigenvalue weighted by atomic mass is 9.61. The van der Waals surface area contributed by atoms with Gasteiger partial charge in [-0.25, -0.2) is 0 Å². The second kappa shape index (κ2) is 9.74. The highest BCUT2D eigenvalue weighted by Crippen LogP contribution is 2.59. The van der Waals surface area contributed by atoms with Gasteiger partial charge in [0, 0.05) is 19.6 Å². The zero-order chi connectivity index (χ0) is 23.0. The summed E-state index contributed by atoms with van der Waals surface area (Å²) in [7, 11) is 0. The van der Waals surface area contributed by atoms with Crippen molar-refractivity contribution in [3.8, 4) is 0 Å². The molecular formula is C28H45NO3. The summed E-state index contributed by atoms with van der Waals surface area (Å²) >= 11 is 0. The smallest absolute Gasteiger partial charge is 0.0809 e. The number of morpholine rings is 1. The first-order valence-electron chi connectivity index (χ1n) is 13.0. The van der Waals surface area contributed by atoms with Crippen LogP contribution in [-0.2, 0) is 4.74 Å². The molecule has 0 bridgehead atoms. The van der Waals surface area contributed by atoms with E-state index in [1.807, 2.05) is 0 Å². The number of hydrogen-bond donors (Lipinski definition) is 2. The summed E-state index contributed by atoms with van der Waals surface area (Å²) in [4.78, 5) is 2.64. The number of rotatable bonds is 4. The zero-order valence-electron chi connectivity index (χ0n) is 20.7. The molecule has 4 fully saturated rings. The summed E-state index contributed by atoms with van der Waals surface area (Å²) in [6, 6.07) is 0. The molecule has 0 amide bonds. The lowest BCUT2D eigenvalue weighted by Crippen LogP contribution is -2.48. The lowest BCUT2D eigenvalue weighted by Gasteiger charge is -2.46. The summed E-state index contributed by atoms with van der Waals surface area (Å²) in [6.45, 7) is 16.6. The monoisotopic (exact) mass is 443 g/mol. The van der Waals surface area contributed by atoms with Gasteiger partial charge in [-0.3, -0.25) is 4.90 Å². The average molecular weight is 444 g/mol. The maximum atomic E-state index is 10.2. The molecule has 4 aliphatic rings. The fraction of sp³-hybridized carbons (Fsp3) is 0.786. The molecule has 3 saturated carbocycles. The number of hydrogen-bond acceptors (Lipinski definition) is 4. The Hall–Kier alpha value is -0.940. The summed E-state index contributed by atoms with van der Waals surface area (Å²) in [5.74, 6) is 2.16. The van der Waals surface area contributed by atoms with Gasteiger partial charge in [-0.15, -0.1) is 0 Å². The molecule has 1 heterocycles. The van der Waals surface area contributed by atoms with Gasteiger partial charge in [0.2, 0.25) is 0 Å². The molecule has 180 valence electrons. The minimum Gasteiger partial charge on any atom is -0.388 e. The molecular weight excluding hydrogens is 398 g/mol. The van der Waals surface area contributed by atoms with Gasteiger partial charge in [-0.1, -0.05) is 43.7 Å². The van der Waals surface area contributed by atoms with Gasteiger partial charge in [-0.2, -0.15) is 0 Å². The van der Waals surface area contributed by atoms with Gasteiger partial charge in [0.15, 0.2) is 0 Å². The van der Waals surface area contributed by atoms with E-state index in [4.69, 9.17) is 4.74 Å². The van der Waals surface area contributed by atoms with E-state index in [0.717, 1.165) is 24.6 Å². The average Bonchev–Trinajstić information content (AvgIpc) is 3.07. The number of nitrogens with zero attached hydrogens (tertiary/aromatic N) is 1. The molecule has 1 saturated heterocycles. The third-order valence-electron chi connectivity index (χ3n) is 9.07. The Morgan fingerprint density at radius 1 is 1.12 bits per heavy atom. The largest absolute Gasteiger partial charge is 0.388 e. The highest BCUT2D eigenvalue weighted by Gasteiger charge is 2.50. The molecule has 0 spiro atoms. The van der Waals surface area contributed by atoms with Gasteiger partial charge in [0.1, 0.15) is 0 Å². The van der Waals surface area contributed by atoms with Gasteiger partial charge < -0.3 is 14.9 Å². The van der Waals surface area contributed by atoms with Crippen LogP contribution in [0.15, 0.2) is 35.5 Å². The Morgan fingerprint density at radius 3 is 2.44 bits per heavy atom. The first-order chi connectivity index (χ1) is 15.2. The highest BCUT2D eigenvalue weighted by molar-refractivity contribution is 5.29. The first-order valence-corrected chi connectivity index (χ1v) is 13.0. The standard InChI is InChI=1S/C28H45NO3/c1-18(15-29-16-19(2)32-20(3)17-29)24-10-11-25-23(7-6-12-28(24,25)5)9-8-22-13-26(30)21(4)27(31)14-22/h8-9,18-20,24-27,30-31H,4,6-7,10-17H2,1-3,5H3/t18?,19-,20+,24-,25+,26-,27-,28-/m1/s1. The van der Waals surface area contributed by atoms with Crippen LogP contribution >= 0.6 is 0 Å². The third-order valence-corrected chi connectivity index (χ3v) is 9.07. The minimum atomic E-state index is -0.609. The van der Waals surface area contributed by atoms with Crippen molar-refractivity contribution >= 4 is 0 Å². The van der Waals surface area contributed by atoms with Gasteiger partial charge in [0.05, 0.1) is 24.4 Å². The molecule has 4 rings (SSSR count). The van der Waals surface area contributed by atoms with Crippen molar-refractivity contribution < 1.29 is 14.9 Å². The van der Waals surface area contributed by atoms with Crippen LogP contribution in [0.2, 0.25) is 0 Å². The van der Waals surface area contributed by atoms with Crippen LogP contribution in [0.4, 0.5) is 0 Å². The number of ether oxygens (including phenoxy) is 1. The van der Waals surface area contributed by atoms with Gasteiger partial charge in [0.25, 0.3) is 0 Å². The predicted molar refractivity (Wildman–Crippen MR) is 130 cm³/mol. The quantitative estimate of drug-likeness (QED) is 0.609. The van der Waals surface area contributed by atoms with E-state index in [0.29, 0.717) is 47.9 Å². The van der Waals surface area contributed by atoms with Crippen LogP contribution in [0.25, 0.3) is 0 Å². The van der Waals surface area contributed by atoms with Gasteiger partial charge >= 0.3 is 0 Å². The topological polar surface area (TPSA) is 52.9 Å². The lowest BCUT2D eigenvalue weighted by molar-refractivity contribution is -0.0750. The molecule has 3 aliphatic carbocycles. The van der Waals surface area contributed by atoms with Crippen LogP contribution < -0.4 is 0 Å². The Morgan fingerprint density at radius 2 is 1.78 bits per heavy atom. The summed E-state index contributed by atoms with van der Waals surface area (Å²) < 4.78 is 5.95. The SMILES string of the molecule is C=C1[C@H](O)CC(=CC=C2CCC[C@]3(C)[C@@H](C(C)CN4C[C@@H](C)O[C@@H](C)C4)CC[C@@H]23)C[C@H]1O. The van der Waals surface area contributed by atoms with Crippen LogP contribution in [-0.4, -0.2) is 59.2 Å². The third kappa shape index (κ3) is 4.94. The van der Waals surface area contributed by atoms with Crippen molar-refractivity contribution in [2.24, 2.45) is 23.2 Å². The molecule has 1 aliphatic heterocycles. The molecule has 2 N–H and O–H groups in total. The molecule has 0 aromatic heterocycles. The van der Waals surface area contributed by atoms with Crippen molar-refractivity contribution in [3.05, 3.63) is 35.5 Å². The fourth-order valence-electron chi connectivity index (χ4n) is 7.61. The number of fused-ring (bicyclic) bond motifs is 1. The number of aliphatic hydroxyl groups excluding tert-OH is 2. The van der Waals surface area contributed by atoms with E-state index in [1.54, 1.807) is 5.57 Å².